The predicted molar refractivity (Wildman–Crippen MR) is 43.6 cm³/mol. The molecule has 0 aliphatic rings. The van der Waals surface area contributed by atoms with Crippen molar-refractivity contribution in [2.24, 2.45) is 7.05 Å². The quantitative estimate of drug-likeness (QED) is 0.814. The lowest BCUT2D eigenvalue weighted by molar-refractivity contribution is -0.141. The van der Waals surface area contributed by atoms with Crippen molar-refractivity contribution in [1.29, 1.82) is 0 Å². The van der Waals surface area contributed by atoms with Gasteiger partial charge in [0.15, 0.2) is 5.69 Å². The van der Waals surface area contributed by atoms with E-state index in [-0.39, 0.29) is 6.61 Å². The fourth-order valence-electron chi connectivity index (χ4n) is 1.14. The molecule has 0 radical (unpaired) electrons. The van der Waals surface area contributed by atoms with E-state index in [1.165, 1.54) is 11.7 Å². The van der Waals surface area contributed by atoms with Crippen LogP contribution in [0.5, 0.6) is 0 Å². The van der Waals surface area contributed by atoms with Gasteiger partial charge in [0.05, 0.1) is 0 Å². The van der Waals surface area contributed by atoms with Crippen LogP contribution in [0.4, 0.5) is 13.2 Å². The lowest BCUT2D eigenvalue weighted by Crippen LogP contribution is -2.06. The molecule has 1 aromatic heterocycles. The molecular weight excluding hydrogens is 197 g/mol. The van der Waals surface area contributed by atoms with Gasteiger partial charge in [-0.15, -0.1) is 0 Å². The van der Waals surface area contributed by atoms with Gasteiger partial charge in [-0.2, -0.15) is 18.3 Å². The minimum Gasteiger partial charge on any atom is -0.396 e. The molecule has 0 aliphatic carbocycles. The van der Waals surface area contributed by atoms with Crippen molar-refractivity contribution in [1.82, 2.24) is 9.78 Å². The number of halogens is 3. The van der Waals surface area contributed by atoms with E-state index in [1.807, 2.05) is 0 Å². The topological polar surface area (TPSA) is 38.0 Å². The zero-order valence-corrected chi connectivity index (χ0v) is 7.67. The maximum atomic E-state index is 12.2. The van der Waals surface area contributed by atoms with Crippen molar-refractivity contribution in [3.8, 4) is 0 Å². The highest BCUT2D eigenvalue weighted by molar-refractivity contribution is 5.13. The fourth-order valence-corrected chi connectivity index (χ4v) is 1.14. The van der Waals surface area contributed by atoms with Gasteiger partial charge in [-0.25, -0.2) is 0 Å². The Bertz CT molecular complexity index is 306. The average Bonchev–Trinajstić information content (AvgIpc) is 2.43. The number of aryl methyl sites for hydroxylation is 2. The summed E-state index contributed by atoms with van der Waals surface area (Å²) in [6, 6.07) is 1.01. The molecule has 1 N–H and O–H groups in total. The van der Waals surface area contributed by atoms with E-state index in [0.29, 0.717) is 18.5 Å². The Balaban J connectivity index is 2.82. The Hall–Kier alpha value is -1.04. The van der Waals surface area contributed by atoms with Crippen LogP contribution < -0.4 is 0 Å². The molecular formula is C8H11F3N2O. The molecule has 1 rings (SSSR count). The maximum Gasteiger partial charge on any atom is 0.435 e. The normalized spacial score (nSPS) is 12.1. The standard InChI is InChI=1S/C8H11F3N2O/c1-13-6(3-2-4-14)5-7(12-13)8(9,10)11/h5,14H,2-4H2,1H3. The lowest BCUT2D eigenvalue weighted by atomic mass is 10.2. The molecule has 6 heteroatoms. The van der Waals surface area contributed by atoms with Gasteiger partial charge >= 0.3 is 6.18 Å². The highest BCUT2D eigenvalue weighted by Crippen LogP contribution is 2.28. The molecule has 0 unspecified atom stereocenters. The summed E-state index contributed by atoms with van der Waals surface area (Å²) in [5.41, 5.74) is -0.403. The van der Waals surface area contributed by atoms with Gasteiger partial charge in [0.25, 0.3) is 0 Å². The van der Waals surface area contributed by atoms with E-state index in [4.69, 9.17) is 5.11 Å². The molecule has 0 amide bonds. The van der Waals surface area contributed by atoms with E-state index < -0.39 is 11.9 Å². The number of nitrogens with zero attached hydrogens (tertiary/aromatic N) is 2. The smallest absolute Gasteiger partial charge is 0.396 e. The van der Waals surface area contributed by atoms with Crippen molar-refractivity contribution >= 4 is 0 Å². The van der Waals surface area contributed by atoms with Crippen LogP contribution in [0.1, 0.15) is 17.8 Å². The number of aromatic nitrogens is 2. The maximum absolute atomic E-state index is 12.2. The zero-order valence-electron chi connectivity index (χ0n) is 7.67. The highest BCUT2D eigenvalue weighted by Gasteiger charge is 2.34. The van der Waals surface area contributed by atoms with Crippen molar-refractivity contribution in [2.45, 2.75) is 19.0 Å². The van der Waals surface area contributed by atoms with E-state index in [9.17, 15) is 13.2 Å². The van der Waals surface area contributed by atoms with Crippen molar-refractivity contribution in [3.63, 3.8) is 0 Å². The minimum absolute atomic E-state index is 0.0352. The molecule has 1 heterocycles. The molecule has 0 fully saturated rings. The number of aliphatic hydroxyl groups excluding tert-OH is 1. The zero-order chi connectivity index (χ0) is 10.8. The Labute approximate surface area is 79.2 Å². The number of aliphatic hydroxyl groups is 1. The number of alkyl halides is 3. The van der Waals surface area contributed by atoms with Gasteiger partial charge in [0.1, 0.15) is 0 Å². The van der Waals surface area contributed by atoms with Crippen LogP contribution in [-0.2, 0) is 19.6 Å². The van der Waals surface area contributed by atoms with Gasteiger partial charge in [-0.05, 0) is 18.9 Å². The molecule has 0 saturated carbocycles. The summed E-state index contributed by atoms with van der Waals surface area (Å²) < 4.78 is 37.7. The van der Waals surface area contributed by atoms with Crippen molar-refractivity contribution in [2.75, 3.05) is 6.61 Å². The Morgan fingerprint density at radius 3 is 2.57 bits per heavy atom. The number of hydrogen-bond donors (Lipinski definition) is 1. The third kappa shape index (κ3) is 2.47. The van der Waals surface area contributed by atoms with Crippen LogP contribution in [0, 0.1) is 0 Å². The average molecular weight is 208 g/mol. The highest BCUT2D eigenvalue weighted by atomic mass is 19.4. The van der Waals surface area contributed by atoms with Crippen LogP contribution in [0.25, 0.3) is 0 Å². The molecule has 14 heavy (non-hydrogen) atoms. The summed E-state index contributed by atoms with van der Waals surface area (Å²) in [6.45, 7) is -0.0352. The molecule has 3 nitrogen and oxygen atoms in total. The Morgan fingerprint density at radius 1 is 1.50 bits per heavy atom. The molecule has 0 spiro atoms. The van der Waals surface area contributed by atoms with E-state index >= 15 is 0 Å². The van der Waals surface area contributed by atoms with Gasteiger partial charge < -0.3 is 5.11 Å². The minimum atomic E-state index is -4.39. The first kappa shape index (κ1) is 11.0. The molecule has 0 bridgehead atoms. The second-order valence-electron chi connectivity index (χ2n) is 2.97. The molecule has 1 aromatic rings. The number of hydrogen-bond acceptors (Lipinski definition) is 2. The Kier molecular flexibility index (Phi) is 3.15. The van der Waals surface area contributed by atoms with Gasteiger partial charge in [0, 0.05) is 19.3 Å². The summed E-state index contributed by atoms with van der Waals surface area (Å²) in [5, 5.41) is 11.9. The van der Waals surface area contributed by atoms with Crippen molar-refractivity contribution in [3.05, 3.63) is 17.5 Å². The SMILES string of the molecule is Cn1nc(C(F)(F)F)cc1CCCO. The molecule has 0 aromatic carbocycles. The summed E-state index contributed by atoms with van der Waals surface area (Å²) in [4.78, 5) is 0. The Morgan fingerprint density at radius 2 is 2.14 bits per heavy atom. The summed E-state index contributed by atoms with van der Waals surface area (Å²) in [5.74, 6) is 0. The second-order valence-corrected chi connectivity index (χ2v) is 2.97. The van der Waals surface area contributed by atoms with Crippen LogP contribution in [0.3, 0.4) is 0 Å². The van der Waals surface area contributed by atoms with Crippen LogP contribution in [-0.4, -0.2) is 21.5 Å². The number of rotatable bonds is 3. The third-order valence-corrected chi connectivity index (χ3v) is 1.86. The van der Waals surface area contributed by atoms with Crippen molar-refractivity contribution < 1.29 is 18.3 Å². The first-order valence-corrected chi connectivity index (χ1v) is 4.16. The first-order chi connectivity index (χ1) is 6.45. The van der Waals surface area contributed by atoms with Gasteiger partial charge in [0.2, 0.25) is 0 Å². The largest absolute Gasteiger partial charge is 0.435 e. The van der Waals surface area contributed by atoms with E-state index in [2.05, 4.69) is 5.10 Å². The van der Waals surface area contributed by atoms with Crippen LogP contribution >= 0.6 is 0 Å². The van der Waals surface area contributed by atoms with Crippen LogP contribution in [0.15, 0.2) is 6.07 Å². The molecule has 80 valence electrons. The summed E-state index contributed by atoms with van der Waals surface area (Å²) in [7, 11) is 1.46. The van der Waals surface area contributed by atoms with Gasteiger partial charge in [-0.3, -0.25) is 4.68 Å². The predicted octanol–water partition coefficient (Wildman–Crippen LogP) is 1.36. The lowest BCUT2D eigenvalue weighted by Gasteiger charge is -1.99. The van der Waals surface area contributed by atoms with Gasteiger partial charge in [-0.1, -0.05) is 0 Å². The second kappa shape index (κ2) is 4.00. The third-order valence-electron chi connectivity index (χ3n) is 1.86. The first-order valence-electron chi connectivity index (χ1n) is 4.16. The fraction of sp³-hybridized carbons (Fsp3) is 0.625. The summed E-state index contributed by atoms with van der Waals surface area (Å²) in [6.07, 6.45) is -3.55. The molecule has 0 atom stereocenters. The van der Waals surface area contributed by atoms with Crippen LogP contribution in [0.2, 0.25) is 0 Å². The molecule has 0 saturated heterocycles. The van der Waals surface area contributed by atoms with E-state index in [1.54, 1.807) is 0 Å². The summed E-state index contributed by atoms with van der Waals surface area (Å²) >= 11 is 0. The molecule has 0 aliphatic heterocycles. The van der Waals surface area contributed by atoms with E-state index in [0.717, 1.165) is 6.07 Å². The monoisotopic (exact) mass is 208 g/mol.